The predicted molar refractivity (Wildman–Crippen MR) is 116 cm³/mol. The maximum atomic E-state index is 12.5. The summed E-state index contributed by atoms with van der Waals surface area (Å²) in [5, 5.41) is 3.77. The highest BCUT2D eigenvalue weighted by molar-refractivity contribution is 7.18. The number of hydrogen-bond donors (Lipinski definition) is 2. The number of aromatic amines is 1. The number of carbonyl (C=O) groups excluding carboxylic acids is 1. The van der Waals surface area contributed by atoms with Crippen LogP contribution in [-0.4, -0.2) is 22.4 Å². The molecule has 1 aliphatic carbocycles. The van der Waals surface area contributed by atoms with E-state index in [1.165, 1.54) is 42.5 Å². The molecule has 0 radical (unpaired) electrons. The van der Waals surface area contributed by atoms with Gasteiger partial charge in [0.05, 0.1) is 5.39 Å². The lowest BCUT2D eigenvalue weighted by Gasteiger charge is -2.09. The second-order valence-corrected chi connectivity index (χ2v) is 9.43. The molecule has 3 rings (SSSR count). The summed E-state index contributed by atoms with van der Waals surface area (Å²) in [5.41, 5.74) is 1.17. The zero-order valence-corrected chi connectivity index (χ0v) is 18.1. The molecule has 0 spiro atoms. The van der Waals surface area contributed by atoms with Crippen molar-refractivity contribution in [1.29, 1.82) is 0 Å². The molecule has 2 N–H and O–H groups in total. The van der Waals surface area contributed by atoms with Gasteiger partial charge in [-0.15, -0.1) is 11.3 Å². The lowest BCUT2D eigenvalue weighted by molar-refractivity contribution is -0.121. The first kappa shape index (κ1) is 21.0. The van der Waals surface area contributed by atoms with Gasteiger partial charge >= 0.3 is 0 Å². The summed E-state index contributed by atoms with van der Waals surface area (Å²) in [5.74, 6) is 1.44. The quantitative estimate of drug-likeness (QED) is 0.573. The van der Waals surface area contributed by atoms with Gasteiger partial charge in [-0.25, -0.2) is 4.98 Å². The first-order valence-corrected chi connectivity index (χ1v) is 11.7. The lowest BCUT2D eigenvalue weighted by Crippen LogP contribution is -2.25. The fourth-order valence-electron chi connectivity index (χ4n) is 3.91. The van der Waals surface area contributed by atoms with Crippen LogP contribution in [0.1, 0.15) is 81.5 Å². The molecule has 2 heterocycles. The minimum atomic E-state index is -0.0406. The van der Waals surface area contributed by atoms with E-state index < -0.39 is 0 Å². The standard InChI is InChI=1S/C22H33N3O2S/c1-15(2)9-5-3-4-8-14-23-19(26)13-12-18-24-21(27)20-16-10-6-7-11-17(16)28-22(20)25-18/h15H,3-14H2,1-2H3,(H,23,26)(H,24,25,27). The molecule has 6 heteroatoms. The number of unbranched alkanes of at least 4 members (excludes halogenated alkanes) is 3. The second kappa shape index (κ2) is 10.2. The average molecular weight is 404 g/mol. The van der Waals surface area contributed by atoms with Crippen LogP contribution in [0.3, 0.4) is 0 Å². The molecule has 0 aromatic carbocycles. The zero-order valence-electron chi connectivity index (χ0n) is 17.2. The number of aryl methyl sites for hydroxylation is 3. The van der Waals surface area contributed by atoms with Gasteiger partial charge < -0.3 is 10.3 Å². The second-order valence-electron chi connectivity index (χ2n) is 8.35. The minimum absolute atomic E-state index is 0.0374. The summed E-state index contributed by atoms with van der Waals surface area (Å²) < 4.78 is 0. The molecule has 0 aliphatic heterocycles. The SMILES string of the molecule is CC(C)CCCCCCNC(=O)CCc1nc2sc3c(c2c(=O)[nH]1)CCCC3. The lowest BCUT2D eigenvalue weighted by atomic mass is 9.97. The Morgan fingerprint density at radius 3 is 2.79 bits per heavy atom. The molecule has 0 bridgehead atoms. The molecule has 0 saturated carbocycles. The summed E-state index contributed by atoms with van der Waals surface area (Å²) in [4.78, 5) is 34.3. The Kier molecular flexibility index (Phi) is 7.65. The molecule has 0 unspecified atom stereocenters. The van der Waals surface area contributed by atoms with E-state index in [4.69, 9.17) is 0 Å². The van der Waals surface area contributed by atoms with Crippen LogP contribution in [0.15, 0.2) is 4.79 Å². The number of hydrogen-bond acceptors (Lipinski definition) is 4. The Labute approximate surface area is 171 Å². The third-order valence-corrected chi connectivity index (χ3v) is 6.68. The first-order chi connectivity index (χ1) is 13.5. The minimum Gasteiger partial charge on any atom is -0.356 e. The van der Waals surface area contributed by atoms with Crippen LogP contribution in [-0.2, 0) is 24.1 Å². The van der Waals surface area contributed by atoms with Gasteiger partial charge in [0.25, 0.3) is 5.56 Å². The first-order valence-electron chi connectivity index (χ1n) is 10.8. The van der Waals surface area contributed by atoms with Gasteiger partial charge in [0.15, 0.2) is 0 Å². The monoisotopic (exact) mass is 403 g/mol. The fourth-order valence-corrected chi connectivity index (χ4v) is 5.19. The number of nitrogens with zero attached hydrogens (tertiary/aromatic N) is 1. The van der Waals surface area contributed by atoms with E-state index in [0.29, 0.717) is 18.7 Å². The van der Waals surface area contributed by atoms with Crippen LogP contribution in [0.2, 0.25) is 0 Å². The van der Waals surface area contributed by atoms with Crippen molar-refractivity contribution in [3.8, 4) is 0 Å². The van der Waals surface area contributed by atoms with E-state index in [1.54, 1.807) is 11.3 Å². The highest BCUT2D eigenvalue weighted by Gasteiger charge is 2.19. The van der Waals surface area contributed by atoms with E-state index in [2.05, 4.69) is 29.1 Å². The third-order valence-electron chi connectivity index (χ3n) is 5.49. The van der Waals surface area contributed by atoms with Crippen LogP contribution in [0.4, 0.5) is 0 Å². The van der Waals surface area contributed by atoms with Gasteiger partial charge in [-0.1, -0.05) is 39.5 Å². The van der Waals surface area contributed by atoms with Gasteiger partial charge in [-0.3, -0.25) is 9.59 Å². The highest BCUT2D eigenvalue weighted by atomic mass is 32.1. The number of rotatable bonds is 10. The Morgan fingerprint density at radius 2 is 1.96 bits per heavy atom. The van der Waals surface area contributed by atoms with Crippen molar-refractivity contribution in [3.05, 3.63) is 26.6 Å². The smallest absolute Gasteiger partial charge is 0.259 e. The van der Waals surface area contributed by atoms with E-state index >= 15 is 0 Å². The van der Waals surface area contributed by atoms with Crippen molar-refractivity contribution in [3.63, 3.8) is 0 Å². The Morgan fingerprint density at radius 1 is 1.18 bits per heavy atom. The van der Waals surface area contributed by atoms with Gasteiger partial charge in [0.2, 0.25) is 5.91 Å². The molecule has 0 atom stereocenters. The van der Waals surface area contributed by atoms with E-state index in [0.717, 1.165) is 48.4 Å². The molecular weight excluding hydrogens is 370 g/mol. The van der Waals surface area contributed by atoms with Gasteiger partial charge in [-0.05, 0) is 43.6 Å². The highest BCUT2D eigenvalue weighted by Crippen LogP contribution is 2.33. The van der Waals surface area contributed by atoms with Crippen molar-refractivity contribution >= 4 is 27.5 Å². The number of fused-ring (bicyclic) bond motifs is 3. The van der Waals surface area contributed by atoms with Crippen LogP contribution in [0.25, 0.3) is 10.2 Å². The molecule has 5 nitrogen and oxygen atoms in total. The van der Waals surface area contributed by atoms with Crippen molar-refractivity contribution < 1.29 is 4.79 Å². The molecule has 28 heavy (non-hydrogen) atoms. The number of carbonyl (C=O) groups is 1. The predicted octanol–water partition coefficient (Wildman–Crippen LogP) is 4.52. The van der Waals surface area contributed by atoms with E-state index in [1.807, 2.05) is 0 Å². The molecule has 2 aromatic rings. The number of H-pyrrole nitrogens is 1. The number of nitrogens with one attached hydrogen (secondary N) is 2. The van der Waals surface area contributed by atoms with Crippen LogP contribution < -0.4 is 10.9 Å². The fraction of sp³-hybridized carbons (Fsp3) is 0.682. The summed E-state index contributed by atoms with van der Waals surface area (Å²) >= 11 is 1.66. The average Bonchev–Trinajstić information content (AvgIpc) is 3.04. The third kappa shape index (κ3) is 5.66. The van der Waals surface area contributed by atoms with Gasteiger partial charge in [0, 0.05) is 24.3 Å². The number of thiophene rings is 1. The van der Waals surface area contributed by atoms with Crippen molar-refractivity contribution in [2.45, 2.75) is 84.5 Å². The molecular formula is C22H33N3O2S. The molecule has 1 amide bonds. The van der Waals surface area contributed by atoms with Crippen LogP contribution in [0, 0.1) is 5.92 Å². The number of aromatic nitrogens is 2. The molecule has 154 valence electrons. The Hall–Kier alpha value is -1.69. The van der Waals surface area contributed by atoms with Gasteiger partial charge in [0.1, 0.15) is 10.7 Å². The molecule has 1 aliphatic rings. The van der Waals surface area contributed by atoms with Crippen LogP contribution >= 0.6 is 11.3 Å². The Bertz CT molecular complexity index is 853. The van der Waals surface area contributed by atoms with E-state index in [-0.39, 0.29) is 11.5 Å². The molecule has 0 saturated heterocycles. The summed E-state index contributed by atoms with van der Waals surface area (Å²) in [6, 6.07) is 0. The maximum absolute atomic E-state index is 12.5. The van der Waals surface area contributed by atoms with Crippen molar-refractivity contribution in [2.24, 2.45) is 5.92 Å². The Balaban J connectivity index is 1.44. The summed E-state index contributed by atoms with van der Waals surface area (Å²) in [7, 11) is 0. The normalized spacial score (nSPS) is 13.8. The largest absolute Gasteiger partial charge is 0.356 e. The zero-order chi connectivity index (χ0) is 19.9. The summed E-state index contributed by atoms with van der Waals surface area (Å²) in [6.45, 7) is 5.25. The van der Waals surface area contributed by atoms with Crippen molar-refractivity contribution in [1.82, 2.24) is 15.3 Å². The van der Waals surface area contributed by atoms with Crippen LogP contribution in [0.5, 0.6) is 0 Å². The number of amides is 1. The van der Waals surface area contributed by atoms with Crippen molar-refractivity contribution in [2.75, 3.05) is 6.54 Å². The maximum Gasteiger partial charge on any atom is 0.259 e. The summed E-state index contributed by atoms with van der Waals surface area (Å²) in [6.07, 6.45) is 11.2. The van der Waals surface area contributed by atoms with Gasteiger partial charge in [-0.2, -0.15) is 0 Å². The molecule has 0 fully saturated rings. The van der Waals surface area contributed by atoms with E-state index in [9.17, 15) is 9.59 Å². The molecule has 2 aromatic heterocycles. The topological polar surface area (TPSA) is 74.8 Å².